The van der Waals surface area contributed by atoms with Crippen LogP contribution in [0.3, 0.4) is 0 Å². The summed E-state index contributed by atoms with van der Waals surface area (Å²) in [5.74, 6) is 0.907. The first-order valence-corrected chi connectivity index (χ1v) is 9.40. The van der Waals surface area contributed by atoms with E-state index in [0.29, 0.717) is 56.4 Å². The van der Waals surface area contributed by atoms with Gasteiger partial charge in [-0.05, 0) is 31.0 Å². The second-order valence-corrected chi connectivity index (χ2v) is 7.06. The fraction of sp³-hybridized carbons (Fsp3) is 0.400. The van der Waals surface area contributed by atoms with Gasteiger partial charge in [0.25, 0.3) is 0 Å². The summed E-state index contributed by atoms with van der Waals surface area (Å²) in [6.07, 6.45) is 4.58. The van der Waals surface area contributed by atoms with E-state index in [2.05, 4.69) is 20.2 Å². The third-order valence-electron chi connectivity index (χ3n) is 5.35. The molecule has 2 aromatic rings. The highest BCUT2D eigenvalue weighted by Gasteiger charge is 2.58. The zero-order chi connectivity index (χ0) is 19.6. The van der Waals surface area contributed by atoms with Crippen LogP contribution in [0, 0.1) is 5.41 Å². The van der Waals surface area contributed by atoms with Gasteiger partial charge in [-0.2, -0.15) is 0 Å². The smallest absolute Gasteiger partial charge is 0.240 e. The Kier molecular flexibility index (Phi) is 4.85. The summed E-state index contributed by atoms with van der Waals surface area (Å²) in [5.41, 5.74) is -0.369. The van der Waals surface area contributed by atoms with Gasteiger partial charge < -0.3 is 19.9 Å². The maximum Gasteiger partial charge on any atom is 0.240 e. The highest BCUT2D eigenvalue weighted by atomic mass is 16.5. The summed E-state index contributed by atoms with van der Waals surface area (Å²) < 4.78 is 5.28. The largest absolute Gasteiger partial charge is 0.495 e. The van der Waals surface area contributed by atoms with Crippen LogP contribution in [0.25, 0.3) is 0 Å². The lowest BCUT2D eigenvalue weighted by Gasteiger charge is -2.36. The van der Waals surface area contributed by atoms with Gasteiger partial charge in [0.05, 0.1) is 12.8 Å². The second-order valence-electron chi connectivity index (χ2n) is 7.06. The molecule has 0 unspecified atom stereocenters. The van der Waals surface area contributed by atoms with Gasteiger partial charge >= 0.3 is 0 Å². The van der Waals surface area contributed by atoms with Crippen LogP contribution in [0.1, 0.15) is 12.8 Å². The van der Waals surface area contributed by atoms with Crippen molar-refractivity contribution in [1.82, 2.24) is 14.9 Å². The van der Waals surface area contributed by atoms with Crippen molar-refractivity contribution in [2.75, 3.05) is 43.5 Å². The summed E-state index contributed by atoms with van der Waals surface area (Å²) in [5, 5.41) is 2.88. The molecular formula is C20H23N5O3. The van der Waals surface area contributed by atoms with Crippen molar-refractivity contribution >= 4 is 23.5 Å². The Balaban J connectivity index is 1.40. The van der Waals surface area contributed by atoms with E-state index in [1.165, 1.54) is 0 Å². The molecule has 1 aliphatic heterocycles. The highest BCUT2D eigenvalue weighted by Crippen LogP contribution is 2.48. The molecule has 28 heavy (non-hydrogen) atoms. The average molecular weight is 381 g/mol. The Bertz CT molecular complexity index is 861. The second kappa shape index (κ2) is 7.46. The van der Waals surface area contributed by atoms with Crippen LogP contribution >= 0.6 is 0 Å². The molecule has 0 radical (unpaired) electrons. The van der Waals surface area contributed by atoms with Gasteiger partial charge in [0.2, 0.25) is 17.8 Å². The first-order valence-electron chi connectivity index (χ1n) is 9.40. The minimum atomic E-state index is -0.952. The van der Waals surface area contributed by atoms with Gasteiger partial charge in [0, 0.05) is 38.6 Å². The van der Waals surface area contributed by atoms with Crippen LogP contribution in [-0.4, -0.2) is 60.0 Å². The minimum absolute atomic E-state index is 0.0893. The summed E-state index contributed by atoms with van der Waals surface area (Å²) in [6, 6.07) is 8.99. The summed E-state index contributed by atoms with van der Waals surface area (Å²) in [4.78, 5) is 38.3. The molecule has 2 amide bonds. The van der Waals surface area contributed by atoms with E-state index in [-0.39, 0.29) is 11.8 Å². The average Bonchev–Trinajstić information content (AvgIpc) is 3.56. The number of methoxy groups -OCH3 is 1. The summed E-state index contributed by atoms with van der Waals surface area (Å²) in [7, 11) is 1.55. The number of carbonyl (C=O) groups excluding carboxylic acids is 2. The van der Waals surface area contributed by atoms with Gasteiger partial charge in [-0.1, -0.05) is 12.1 Å². The number of piperazine rings is 1. The predicted octanol–water partition coefficient (Wildman–Crippen LogP) is 1.55. The molecule has 0 atom stereocenters. The molecule has 1 aromatic heterocycles. The van der Waals surface area contributed by atoms with Crippen LogP contribution in [0.4, 0.5) is 11.6 Å². The molecule has 0 spiro atoms. The lowest BCUT2D eigenvalue weighted by molar-refractivity contribution is -0.142. The molecule has 146 valence electrons. The topological polar surface area (TPSA) is 87.7 Å². The number of benzene rings is 1. The minimum Gasteiger partial charge on any atom is -0.495 e. The third kappa shape index (κ3) is 3.37. The Hall–Kier alpha value is -3.16. The molecule has 8 heteroatoms. The van der Waals surface area contributed by atoms with E-state index in [0.717, 1.165) is 0 Å². The lowest BCUT2D eigenvalue weighted by atomic mass is 10.0. The number of hydrogen-bond donors (Lipinski definition) is 1. The standard InChI is InChI=1S/C20H23N5O3/c1-28-16-6-3-2-5-15(16)23-17(26)20(7-8-20)18(27)24-11-13-25(14-12-24)19-21-9-4-10-22-19/h2-6,9-10H,7-8,11-14H2,1H3,(H,23,26). The molecular weight excluding hydrogens is 358 g/mol. The number of amides is 2. The monoisotopic (exact) mass is 381 g/mol. The van der Waals surface area contributed by atoms with Gasteiger partial charge in [0.15, 0.2) is 0 Å². The summed E-state index contributed by atoms with van der Waals surface area (Å²) >= 11 is 0. The molecule has 1 aromatic carbocycles. The number of anilines is 2. The molecule has 1 saturated carbocycles. The van der Waals surface area contributed by atoms with Crippen LogP contribution in [0.5, 0.6) is 5.75 Å². The molecule has 2 heterocycles. The molecule has 2 fully saturated rings. The molecule has 0 bridgehead atoms. The molecule has 2 aliphatic rings. The number of para-hydroxylation sites is 2. The van der Waals surface area contributed by atoms with Crippen LogP contribution in [0.15, 0.2) is 42.7 Å². The van der Waals surface area contributed by atoms with E-state index in [1.807, 2.05) is 12.1 Å². The van der Waals surface area contributed by atoms with Crippen molar-refractivity contribution in [2.24, 2.45) is 5.41 Å². The van der Waals surface area contributed by atoms with E-state index in [9.17, 15) is 9.59 Å². The third-order valence-corrected chi connectivity index (χ3v) is 5.35. The summed E-state index contributed by atoms with van der Waals surface area (Å²) in [6.45, 7) is 2.42. The normalized spacial score (nSPS) is 17.8. The number of hydrogen-bond acceptors (Lipinski definition) is 6. The fourth-order valence-electron chi connectivity index (χ4n) is 3.52. The number of carbonyl (C=O) groups is 2. The Morgan fingerprint density at radius 1 is 1.04 bits per heavy atom. The van der Waals surface area contributed by atoms with Crippen molar-refractivity contribution in [3.63, 3.8) is 0 Å². The quantitative estimate of drug-likeness (QED) is 0.791. The highest BCUT2D eigenvalue weighted by molar-refractivity contribution is 6.13. The number of ether oxygens (including phenoxy) is 1. The van der Waals surface area contributed by atoms with Gasteiger partial charge in [-0.25, -0.2) is 9.97 Å². The molecule has 4 rings (SSSR count). The fourth-order valence-corrected chi connectivity index (χ4v) is 3.52. The van der Waals surface area contributed by atoms with E-state index in [4.69, 9.17) is 4.74 Å². The maximum atomic E-state index is 13.1. The van der Waals surface area contributed by atoms with Crippen LogP contribution in [-0.2, 0) is 9.59 Å². The number of nitrogens with zero attached hydrogens (tertiary/aromatic N) is 4. The first-order chi connectivity index (χ1) is 13.6. The first kappa shape index (κ1) is 18.2. The Morgan fingerprint density at radius 3 is 2.36 bits per heavy atom. The molecule has 1 aliphatic carbocycles. The van der Waals surface area contributed by atoms with Gasteiger partial charge in [-0.15, -0.1) is 0 Å². The number of rotatable bonds is 5. The van der Waals surface area contributed by atoms with Crippen molar-refractivity contribution in [3.05, 3.63) is 42.7 Å². The van der Waals surface area contributed by atoms with Gasteiger partial charge in [0.1, 0.15) is 11.2 Å². The lowest BCUT2D eigenvalue weighted by Crippen LogP contribution is -2.53. The van der Waals surface area contributed by atoms with Crippen LogP contribution < -0.4 is 15.0 Å². The zero-order valence-corrected chi connectivity index (χ0v) is 15.8. The Morgan fingerprint density at radius 2 is 1.71 bits per heavy atom. The van der Waals surface area contributed by atoms with Crippen LogP contribution in [0.2, 0.25) is 0 Å². The van der Waals surface area contributed by atoms with Crippen molar-refractivity contribution in [2.45, 2.75) is 12.8 Å². The van der Waals surface area contributed by atoms with Crippen molar-refractivity contribution < 1.29 is 14.3 Å². The SMILES string of the molecule is COc1ccccc1NC(=O)C1(C(=O)N2CCN(c3ncccn3)CC2)CC1. The molecule has 1 N–H and O–H groups in total. The predicted molar refractivity (Wildman–Crippen MR) is 104 cm³/mol. The van der Waals surface area contributed by atoms with Crippen molar-refractivity contribution in [3.8, 4) is 5.75 Å². The van der Waals surface area contributed by atoms with Crippen molar-refractivity contribution in [1.29, 1.82) is 0 Å². The number of aromatic nitrogens is 2. The Labute approximate surface area is 163 Å². The van der Waals surface area contributed by atoms with E-state index >= 15 is 0 Å². The van der Waals surface area contributed by atoms with E-state index in [1.54, 1.807) is 42.6 Å². The zero-order valence-electron chi connectivity index (χ0n) is 15.8. The molecule has 8 nitrogen and oxygen atoms in total. The maximum absolute atomic E-state index is 13.1. The van der Waals surface area contributed by atoms with E-state index < -0.39 is 5.41 Å². The molecule has 1 saturated heterocycles. The number of nitrogens with one attached hydrogen (secondary N) is 1. The van der Waals surface area contributed by atoms with Gasteiger partial charge in [-0.3, -0.25) is 9.59 Å².